The minimum absolute atomic E-state index is 0.0940. The van der Waals surface area contributed by atoms with Crippen molar-refractivity contribution in [3.8, 4) is 0 Å². The van der Waals surface area contributed by atoms with Gasteiger partial charge in [0.1, 0.15) is 0 Å². The van der Waals surface area contributed by atoms with Crippen molar-refractivity contribution in [2.75, 3.05) is 11.9 Å². The molecule has 0 saturated heterocycles. The molecule has 0 aliphatic heterocycles. The normalized spacial score (nSPS) is 10.5. The van der Waals surface area contributed by atoms with Gasteiger partial charge in [-0.3, -0.25) is 4.79 Å². The Morgan fingerprint density at radius 1 is 0.857 bits per heavy atom. The van der Waals surface area contributed by atoms with Gasteiger partial charge in [-0.05, 0) is 28.5 Å². The van der Waals surface area contributed by atoms with E-state index in [4.69, 9.17) is 0 Å². The number of amides is 1. The second kappa shape index (κ2) is 5.80. The fourth-order valence-corrected chi connectivity index (χ4v) is 2.44. The van der Waals surface area contributed by atoms with Crippen LogP contribution in [0.25, 0.3) is 10.8 Å². The molecule has 104 valence electrons. The van der Waals surface area contributed by atoms with Gasteiger partial charge in [-0.2, -0.15) is 0 Å². The molecule has 2 nitrogen and oxygen atoms in total. The molecule has 0 aliphatic rings. The summed E-state index contributed by atoms with van der Waals surface area (Å²) in [6.07, 6.45) is 0.413. The summed E-state index contributed by atoms with van der Waals surface area (Å²) in [5, 5.41) is 2.37. The lowest BCUT2D eigenvalue weighted by atomic mass is 10.0. The van der Waals surface area contributed by atoms with E-state index in [-0.39, 0.29) is 5.91 Å². The molecule has 0 unspecified atom stereocenters. The molecule has 3 rings (SSSR count). The second-order valence-corrected chi connectivity index (χ2v) is 5.15. The maximum atomic E-state index is 12.4. The molecule has 0 radical (unpaired) electrons. The first-order valence-corrected chi connectivity index (χ1v) is 7.03. The van der Waals surface area contributed by atoms with Gasteiger partial charge in [0.2, 0.25) is 5.91 Å². The molecule has 3 aromatic rings. The fraction of sp³-hybridized carbons (Fsp3) is 0.105. The van der Waals surface area contributed by atoms with Crippen LogP contribution in [-0.4, -0.2) is 13.0 Å². The lowest BCUT2D eigenvalue weighted by Gasteiger charge is -2.17. The molecular formula is C19H17NO. The van der Waals surface area contributed by atoms with E-state index in [1.165, 1.54) is 10.8 Å². The number of hydrogen-bond acceptors (Lipinski definition) is 1. The van der Waals surface area contributed by atoms with E-state index in [0.717, 1.165) is 11.3 Å². The van der Waals surface area contributed by atoms with Crippen LogP contribution in [-0.2, 0) is 11.2 Å². The molecule has 0 fully saturated rings. The van der Waals surface area contributed by atoms with Gasteiger partial charge in [-0.1, -0.05) is 60.7 Å². The third kappa shape index (κ3) is 2.95. The third-order valence-corrected chi connectivity index (χ3v) is 3.69. The van der Waals surface area contributed by atoms with Crippen molar-refractivity contribution in [2.45, 2.75) is 6.42 Å². The van der Waals surface area contributed by atoms with E-state index >= 15 is 0 Å². The van der Waals surface area contributed by atoms with Crippen LogP contribution in [0, 0.1) is 0 Å². The Kier molecular flexibility index (Phi) is 3.69. The first-order valence-electron chi connectivity index (χ1n) is 7.03. The molecule has 2 heteroatoms. The minimum atomic E-state index is 0.0940. The number of anilines is 1. The molecule has 1 amide bonds. The molecule has 0 aromatic heterocycles. The molecule has 0 atom stereocenters. The van der Waals surface area contributed by atoms with E-state index in [1.807, 2.05) is 55.6 Å². The summed E-state index contributed by atoms with van der Waals surface area (Å²) in [4.78, 5) is 14.1. The van der Waals surface area contributed by atoms with Crippen LogP contribution in [0.1, 0.15) is 5.56 Å². The number of fused-ring (bicyclic) bond motifs is 1. The van der Waals surface area contributed by atoms with Crippen molar-refractivity contribution in [2.24, 2.45) is 0 Å². The van der Waals surface area contributed by atoms with Crippen LogP contribution in [0.5, 0.6) is 0 Å². The van der Waals surface area contributed by atoms with Gasteiger partial charge in [-0.25, -0.2) is 0 Å². The number of benzene rings is 3. The Labute approximate surface area is 124 Å². The third-order valence-electron chi connectivity index (χ3n) is 3.69. The van der Waals surface area contributed by atoms with Crippen molar-refractivity contribution >= 4 is 22.4 Å². The second-order valence-electron chi connectivity index (χ2n) is 5.15. The molecule has 0 spiro atoms. The summed E-state index contributed by atoms with van der Waals surface area (Å²) in [6.45, 7) is 0. The highest BCUT2D eigenvalue weighted by molar-refractivity contribution is 5.95. The molecule has 0 saturated carbocycles. The highest BCUT2D eigenvalue weighted by atomic mass is 16.2. The number of rotatable bonds is 3. The molecule has 0 bridgehead atoms. The monoisotopic (exact) mass is 275 g/mol. The molecule has 0 N–H and O–H groups in total. The zero-order chi connectivity index (χ0) is 14.7. The molecule has 0 aliphatic carbocycles. The van der Waals surface area contributed by atoms with Crippen LogP contribution < -0.4 is 4.90 Å². The first-order chi connectivity index (χ1) is 10.2. The number of nitrogens with zero attached hydrogens (tertiary/aromatic N) is 1. The zero-order valence-electron chi connectivity index (χ0n) is 12.0. The minimum Gasteiger partial charge on any atom is -0.315 e. The van der Waals surface area contributed by atoms with Gasteiger partial charge in [-0.15, -0.1) is 0 Å². The number of carbonyl (C=O) groups excluding carboxylic acids is 1. The summed E-state index contributed by atoms with van der Waals surface area (Å²) in [5.74, 6) is 0.0940. The summed E-state index contributed by atoms with van der Waals surface area (Å²) < 4.78 is 0. The van der Waals surface area contributed by atoms with Crippen molar-refractivity contribution in [3.63, 3.8) is 0 Å². The smallest absolute Gasteiger partial charge is 0.231 e. The summed E-state index contributed by atoms with van der Waals surface area (Å²) in [7, 11) is 1.82. The molecule has 0 heterocycles. The van der Waals surface area contributed by atoms with Crippen LogP contribution in [0.15, 0.2) is 72.8 Å². The van der Waals surface area contributed by atoms with Crippen molar-refractivity contribution < 1.29 is 4.79 Å². The predicted molar refractivity (Wildman–Crippen MR) is 87.5 cm³/mol. The van der Waals surface area contributed by atoms with E-state index in [9.17, 15) is 4.79 Å². The zero-order valence-corrected chi connectivity index (χ0v) is 12.0. The van der Waals surface area contributed by atoms with Gasteiger partial charge in [0.15, 0.2) is 0 Å². The Morgan fingerprint density at radius 3 is 2.29 bits per heavy atom. The first kappa shape index (κ1) is 13.4. The summed E-state index contributed by atoms with van der Waals surface area (Å²) >= 11 is 0. The Morgan fingerprint density at radius 2 is 1.52 bits per heavy atom. The Balaban J connectivity index is 1.80. The van der Waals surface area contributed by atoms with Crippen molar-refractivity contribution in [1.29, 1.82) is 0 Å². The van der Waals surface area contributed by atoms with Crippen LogP contribution in [0.4, 0.5) is 5.69 Å². The number of carbonyl (C=O) groups is 1. The Bertz CT molecular complexity index is 765. The van der Waals surface area contributed by atoms with Gasteiger partial charge in [0, 0.05) is 12.7 Å². The van der Waals surface area contributed by atoms with Gasteiger partial charge < -0.3 is 4.90 Å². The maximum Gasteiger partial charge on any atom is 0.231 e. The van der Waals surface area contributed by atoms with E-state index in [0.29, 0.717) is 6.42 Å². The standard InChI is InChI=1S/C19H17NO/c1-20(18-9-3-2-4-10-18)19(21)14-15-11-12-16-7-5-6-8-17(16)13-15/h2-13H,14H2,1H3. The van der Waals surface area contributed by atoms with Gasteiger partial charge >= 0.3 is 0 Å². The molecule has 21 heavy (non-hydrogen) atoms. The fourth-order valence-electron chi connectivity index (χ4n) is 2.44. The number of hydrogen-bond donors (Lipinski definition) is 0. The average molecular weight is 275 g/mol. The van der Waals surface area contributed by atoms with Gasteiger partial charge in [0.05, 0.1) is 6.42 Å². The van der Waals surface area contributed by atoms with Crippen LogP contribution in [0.3, 0.4) is 0 Å². The van der Waals surface area contributed by atoms with Crippen molar-refractivity contribution in [1.82, 2.24) is 0 Å². The van der Waals surface area contributed by atoms with Crippen LogP contribution in [0.2, 0.25) is 0 Å². The van der Waals surface area contributed by atoms with Crippen LogP contribution >= 0.6 is 0 Å². The predicted octanol–water partition coefficient (Wildman–Crippen LogP) is 4.05. The largest absolute Gasteiger partial charge is 0.315 e. The lowest BCUT2D eigenvalue weighted by molar-refractivity contribution is -0.117. The summed E-state index contributed by atoms with van der Waals surface area (Å²) in [5.41, 5.74) is 1.96. The maximum absolute atomic E-state index is 12.4. The molecule has 3 aromatic carbocycles. The summed E-state index contributed by atoms with van der Waals surface area (Å²) in [6, 6.07) is 24.1. The average Bonchev–Trinajstić information content (AvgIpc) is 2.55. The topological polar surface area (TPSA) is 20.3 Å². The Hall–Kier alpha value is -2.61. The highest BCUT2D eigenvalue weighted by Crippen LogP contribution is 2.18. The van der Waals surface area contributed by atoms with E-state index in [2.05, 4.69) is 24.3 Å². The SMILES string of the molecule is CN(C(=O)Cc1ccc2ccccc2c1)c1ccccc1. The number of para-hydroxylation sites is 1. The molecular weight excluding hydrogens is 258 g/mol. The highest BCUT2D eigenvalue weighted by Gasteiger charge is 2.11. The van der Waals surface area contributed by atoms with E-state index in [1.54, 1.807) is 4.90 Å². The quantitative estimate of drug-likeness (QED) is 0.706. The van der Waals surface area contributed by atoms with Crippen molar-refractivity contribution in [3.05, 3.63) is 78.4 Å². The van der Waals surface area contributed by atoms with E-state index < -0.39 is 0 Å². The van der Waals surface area contributed by atoms with Gasteiger partial charge in [0.25, 0.3) is 0 Å². The number of likely N-dealkylation sites (N-methyl/N-ethyl adjacent to an activating group) is 1. The lowest BCUT2D eigenvalue weighted by Crippen LogP contribution is -2.27.